The Morgan fingerprint density at radius 3 is 2.31 bits per heavy atom. The molecular formula is C30H33NO4. The summed E-state index contributed by atoms with van der Waals surface area (Å²) in [7, 11) is 1.63. The first-order chi connectivity index (χ1) is 17.0. The molecule has 0 spiro atoms. The highest BCUT2D eigenvalue weighted by Crippen LogP contribution is 2.46. The number of Topliss-reactive ketones (excluding diaryl/α,β-unsaturated/α-hetero) is 1. The van der Waals surface area contributed by atoms with Crippen LogP contribution in [0.3, 0.4) is 0 Å². The van der Waals surface area contributed by atoms with Gasteiger partial charge in [0.05, 0.1) is 12.7 Å². The van der Waals surface area contributed by atoms with E-state index in [0.29, 0.717) is 17.6 Å². The van der Waals surface area contributed by atoms with Crippen molar-refractivity contribution in [2.75, 3.05) is 7.11 Å². The van der Waals surface area contributed by atoms with Crippen LogP contribution < -0.4 is 10.1 Å². The number of carbonyl (C=O) groups is 2. The quantitative estimate of drug-likeness (QED) is 0.548. The van der Waals surface area contributed by atoms with Gasteiger partial charge in [0.2, 0.25) is 0 Å². The maximum absolute atomic E-state index is 13.7. The Kier molecular flexibility index (Phi) is 6.76. The Labute approximate surface area is 207 Å². The van der Waals surface area contributed by atoms with Crippen molar-refractivity contribution in [3.63, 3.8) is 0 Å². The number of esters is 1. The van der Waals surface area contributed by atoms with Crippen molar-refractivity contribution in [3.05, 3.63) is 88.3 Å². The smallest absolute Gasteiger partial charge is 0.337 e. The molecule has 0 amide bonds. The molecule has 182 valence electrons. The van der Waals surface area contributed by atoms with Gasteiger partial charge in [-0.2, -0.15) is 0 Å². The molecule has 5 heteroatoms. The van der Waals surface area contributed by atoms with E-state index in [1.54, 1.807) is 7.11 Å². The topological polar surface area (TPSA) is 64.6 Å². The van der Waals surface area contributed by atoms with Crippen molar-refractivity contribution < 1.29 is 19.1 Å². The van der Waals surface area contributed by atoms with Crippen LogP contribution in [0.4, 0.5) is 0 Å². The van der Waals surface area contributed by atoms with E-state index in [9.17, 15) is 9.59 Å². The molecule has 2 atom stereocenters. The highest BCUT2D eigenvalue weighted by Gasteiger charge is 2.41. The van der Waals surface area contributed by atoms with Gasteiger partial charge in [-0.3, -0.25) is 4.79 Å². The molecule has 1 N–H and O–H groups in total. The third-order valence-electron chi connectivity index (χ3n) is 7.59. The van der Waals surface area contributed by atoms with Crippen LogP contribution in [0.1, 0.15) is 74.8 Å². The lowest BCUT2D eigenvalue weighted by Crippen LogP contribution is -2.37. The molecule has 1 heterocycles. The van der Waals surface area contributed by atoms with Gasteiger partial charge in [0, 0.05) is 29.3 Å². The van der Waals surface area contributed by atoms with E-state index < -0.39 is 5.92 Å². The first kappa shape index (κ1) is 23.4. The zero-order valence-corrected chi connectivity index (χ0v) is 20.5. The second-order valence-corrected chi connectivity index (χ2v) is 9.87. The molecule has 2 aliphatic carbocycles. The minimum atomic E-state index is -0.447. The third kappa shape index (κ3) is 4.77. The molecule has 0 radical (unpaired) electrons. The minimum Gasteiger partial charge on any atom is -0.497 e. The Morgan fingerprint density at radius 2 is 1.63 bits per heavy atom. The van der Waals surface area contributed by atoms with Gasteiger partial charge >= 0.3 is 5.97 Å². The van der Waals surface area contributed by atoms with E-state index >= 15 is 0 Å². The van der Waals surface area contributed by atoms with Crippen LogP contribution in [0.25, 0.3) is 0 Å². The molecule has 1 saturated carbocycles. The van der Waals surface area contributed by atoms with Gasteiger partial charge in [-0.1, -0.05) is 48.9 Å². The molecule has 1 aliphatic heterocycles. The van der Waals surface area contributed by atoms with Crippen LogP contribution in [0.2, 0.25) is 0 Å². The van der Waals surface area contributed by atoms with E-state index in [1.165, 1.54) is 12.0 Å². The lowest BCUT2D eigenvalue weighted by atomic mass is 9.71. The van der Waals surface area contributed by atoms with Crippen molar-refractivity contribution in [2.45, 2.75) is 69.8 Å². The van der Waals surface area contributed by atoms with E-state index in [1.807, 2.05) is 49.4 Å². The van der Waals surface area contributed by atoms with Crippen LogP contribution in [-0.2, 0) is 14.3 Å². The maximum Gasteiger partial charge on any atom is 0.337 e. The first-order valence-electron chi connectivity index (χ1n) is 12.7. The zero-order valence-electron chi connectivity index (χ0n) is 20.5. The fraction of sp³-hybridized carbons (Fsp3) is 0.400. The number of benzene rings is 2. The van der Waals surface area contributed by atoms with Crippen molar-refractivity contribution in [3.8, 4) is 5.75 Å². The number of nitrogens with one attached hydrogen (secondary N) is 1. The Bertz CT molecular complexity index is 1160. The van der Waals surface area contributed by atoms with Crippen LogP contribution in [0, 0.1) is 0 Å². The minimum absolute atomic E-state index is 0.0482. The summed E-state index contributed by atoms with van der Waals surface area (Å²) in [6, 6.07) is 17.9. The summed E-state index contributed by atoms with van der Waals surface area (Å²) < 4.78 is 11.4. The highest BCUT2D eigenvalue weighted by atomic mass is 16.5. The van der Waals surface area contributed by atoms with Gasteiger partial charge in [0.15, 0.2) is 5.78 Å². The molecule has 5 nitrogen and oxygen atoms in total. The molecule has 3 aliphatic rings. The predicted molar refractivity (Wildman–Crippen MR) is 135 cm³/mol. The van der Waals surface area contributed by atoms with Gasteiger partial charge in [0.1, 0.15) is 11.9 Å². The molecule has 0 aromatic heterocycles. The number of hydrogen-bond donors (Lipinski definition) is 1. The van der Waals surface area contributed by atoms with Crippen molar-refractivity contribution in [1.82, 2.24) is 5.32 Å². The summed E-state index contributed by atoms with van der Waals surface area (Å²) in [5.41, 5.74) is 5.00. The molecule has 35 heavy (non-hydrogen) atoms. The number of allylic oxidation sites excluding steroid dienone is 3. The molecule has 2 aromatic carbocycles. The number of rotatable bonds is 5. The van der Waals surface area contributed by atoms with Crippen molar-refractivity contribution in [1.29, 1.82) is 0 Å². The number of ketones is 1. The summed E-state index contributed by atoms with van der Waals surface area (Å²) >= 11 is 0. The van der Waals surface area contributed by atoms with E-state index in [4.69, 9.17) is 9.47 Å². The van der Waals surface area contributed by atoms with E-state index in [0.717, 1.165) is 54.8 Å². The molecule has 1 fully saturated rings. The summed E-state index contributed by atoms with van der Waals surface area (Å²) in [5, 5.41) is 3.45. The monoisotopic (exact) mass is 471 g/mol. The fourth-order valence-electron chi connectivity index (χ4n) is 5.80. The molecule has 0 unspecified atom stereocenters. The highest BCUT2D eigenvalue weighted by molar-refractivity contribution is 6.04. The van der Waals surface area contributed by atoms with E-state index in [2.05, 4.69) is 17.4 Å². The molecule has 0 saturated heterocycles. The standard InChI is InChI=1S/C30H33NO4/c1-19-27(30(33)35-24-11-7-4-8-12-24)28(21-13-15-23(34-2)16-14-21)29-25(31-19)17-22(18-26(29)32)20-9-5-3-6-10-20/h3,5-6,9-10,13-16,22,24,28,31H,4,7-8,11-12,17-18H2,1-2H3/t22-,28-/m1/s1. The fourth-order valence-corrected chi connectivity index (χ4v) is 5.80. The molecular weight excluding hydrogens is 438 g/mol. The normalized spacial score (nSPS) is 23.0. The van der Waals surface area contributed by atoms with Crippen molar-refractivity contribution in [2.24, 2.45) is 0 Å². The lowest BCUT2D eigenvalue weighted by Gasteiger charge is -2.37. The Morgan fingerprint density at radius 1 is 0.914 bits per heavy atom. The Balaban J connectivity index is 1.52. The van der Waals surface area contributed by atoms with Gasteiger partial charge < -0.3 is 14.8 Å². The second kappa shape index (κ2) is 10.1. The predicted octanol–water partition coefficient (Wildman–Crippen LogP) is 5.93. The molecule has 0 bridgehead atoms. The average Bonchev–Trinajstić information content (AvgIpc) is 2.89. The summed E-state index contributed by atoms with van der Waals surface area (Å²) in [6.07, 6.45) is 6.30. The van der Waals surface area contributed by atoms with E-state index in [-0.39, 0.29) is 23.8 Å². The van der Waals surface area contributed by atoms with Crippen LogP contribution in [0.15, 0.2) is 77.1 Å². The lowest BCUT2D eigenvalue weighted by molar-refractivity contribution is -0.146. The molecule has 5 rings (SSSR count). The SMILES string of the molecule is COc1ccc([C@@H]2C(C(=O)OC3CCCCC3)=C(C)NC3=C2C(=O)C[C@H](c2ccccc2)C3)cc1. The van der Waals surface area contributed by atoms with Gasteiger partial charge in [-0.05, 0) is 68.2 Å². The maximum atomic E-state index is 13.7. The molecule has 2 aromatic rings. The van der Waals surface area contributed by atoms with Gasteiger partial charge in [0.25, 0.3) is 0 Å². The zero-order chi connectivity index (χ0) is 24.4. The number of carbonyl (C=O) groups excluding carboxylic acids is 2. The number of dihydropyridines is 1. The summed E-state index contributed by atoms with van der Waals surface area (Å²) in [5.74, 6) is 0.187. The number of hydrogen-bond acceptors (Lipinski definition) is 5. The van der Waals surface area contributed by atoms with Crippen LogP contribution >= 0.6 is 0 Å². The second-order valence-electron chi connectivity index (χ2n) is 9.87. The average molecular weight is 472 g/mol. The van der Waals surface area contributed by atoms with Gasteiger partial charge in [-0.25, -0.2) is 4.79 Å². The van der Waals surface area contributed by atoms with Gasteiger partial charge in [-0.15, -0.1) is 0 Å². The largest absolute Gasteiger partial charge is 0.497 e. The van der Waals surface area contributed by atoms with Crippen LogP contribution in [-0.4, -0.2) is 25.0 Å². The first-order valence-corrected chi connectivity index (χ1v) is 12.7. The number of methoxy groups -OCH3 is 1. The Hall–Kier alpha value is -3.34. The third-order valence-corrected chi connectivity index (χ3v) is 7.59. The van der Waals surface area contributed by atoms with Crippen LogP contribution in [0.5, 0.6) is 5.75 Å². The number of ether oxygens (including phenoxy) is 2. The van der Waals surface area contributed by atoms with Crippen molar-refractivity contribution >= 4 is 11.8 Å². The summed E-state index contributed by atoms with van der Waals surface area (Å²) in [4.78, 5) is 27.3. The summed E-state index contributed by atoms with van der Waals surface area (Å²) in [6.45, 7) is 1.92.